The predicted octanol–water partition coefficient (Wildman–Crippen LogP) is 5.17. The highest BCUT2D eigenvalue weighted by Gasteiger charge is 2.26. The van der Waals surface area contributed by atoms with Gasteiger partial charge >= 0.3 is 0 Å². The molecule has 1 saturated heterocycles. The average Bonchev–Trinajstić information content (AvgIpc) is 2.69. The molecule has 0 spiro atoms. The molecule has 2 heterocycles. The number of ether oxygens (including phenoxy) is 1. The Labute approximate surface area is 184 Å². The van der Waals surface area contributed by atoms with Crippen molar-refractivity contribution < 1.29 is 9.84 Å². The van der Waals surface area contributed by atoms with Gasteiger partial charge in [0.25, 0.3) is 0 Å². The lowest BCUT2D eigenvalue weighted by atomic mass is 10.0. The van der Waals surface area contributed by atoms with Gasteiger partial charge in [0.1, 0.15) is 0 Å². The molecule has 2 aromatic rings. The van der Waals surface area contributed by atoms with Gasteiger partial charge in [0.05, 0.1) is 17.5 Å². The zero-order valence-electron chi connectivity index (χ0n) is 17.2. The first-order valence-electron chi connectivity index (χ1n) is 10.3. The molecule has 6 heteroatoms. The Kier molecular flexibility index (Phi) is 7.88. The highest BCUT2D eigenvalue weighted by Crippen LogP contribution is 2.48. The largest absolute Gasteiger partial charge is 0.368 e. The number of nitrogens with zero attached hydrogens (tertiary/aromatic N) is 2. The lowest BCUT2D eigenvalue weighted by molar-refractivity contribution is -0.136. The van der Waals surface area contributed by atoms with Crippen LogP contribution in [-0.4, -0.2) is 48.6 Å². The van der Waals surface area contributed by atoms with Gasteiger partial charge in [-0.05, 0) is 49.9 Å². The number of hydrogen-bond acceptors (Lipinski definition) is 5. The van der Waals surface area contributed by atoms with Crippen molar-refractivity contribution in [1.29, 1.82) is 0 Å². The normalized spacial score (nSPS) is 19.1. The Balaban J connectivity index is 0.00000240. The summed E-state index contributed by atoms with van der Waals surface area (Å²) in [6.07, 6.45) is 1.55. The minimum Gasteiger partial charge on any atom is -0.368 e. The first kappa shape index (κ1) is 22.4. The van der Waals surface area contributed by atoms with Gasteiger partial charge in [-0.1, -0.05) is 43.0 Å². The monoisotopic (exact) mass is 434 g/mol. The van der Waals surface area contributed by atoms with Crippen molar-refractivity contribution in [2.45, 2.75) is 48.9 Å². The van der Waals surface area contributed by atoms with Crippen molar-refractivity contribution in [2.75, 3.05) is 31.1 Å². The number of halogens is 1. The second-order valence-corrected chi connectivity index (χ2v) is 9.07. The van der Waals surface area contributed by atoms with E-state index in [1.165, 1.54) is 21.2 Å². The van der Waals surface area contributed by atoms with Crippen molar-refractivity contribution in [3.63, 3.8) is 0 Å². The molecule has 2 aromatic carbocycles. The van der Waals surface area contributed by atoms with Crippen LogP contribution < -0.4 is 4.90 Å². The van der Waals surface area contributed by atoms with E-state index in [9.17, 15) is 5.11 Å². The molecule has 2 atom stereocenters. The molecule has 2 unspecified atom stereocenters. The third-order valence-corrected chi connectivity index (χ3v) is 6.65. The van der Waals surface area contributed by atoms with Crippen molar-refractivity contribution in [1.82, 2.24) is 4.90 Å². The van der Waals surface area contributed by atoms with Crippen molar-refractivity contribution in [3.8, 4) is 0 Å². The molecule has 0 aliphatic carbocycles. The van der Waals surface area contributed by atoms with E-state index < -0.39 is 6.29 Å². The summed E-state index contributed by atoms with van der Waals surface area (Å²) in [5, 5.41) is 9.42. The number of fused-ring (bicyclic) bond motifs is 2. The maximum Gasteiger partial charge on any atom is 0.152 e. The summed E-state index contributed by atoms with van der Waals surface area (Å²) < 4.78 is 5.56. The van der Waals surface area contributed by atoms with Crippen LogP contribution in [0.25, 0.3) is 0 Å². The molecule has 0 bridgehead atoms. The van der Waals surface area contributed by atoms with Gasteiger partial charge in [-0.15, -0.1) is 12.4 Å². The van der Waals surface area contributed by atoms with Gasteiger partial charge in [-0.3, -0.25) is 0 Å². The number of benzene rings is 2. The maximum atomic E-state index is 9.42. The van der Waals surface area contributed by atoms with Gasteiger partial charge in [0.2, 0.25) is 0 Å². The molecule has 158 valence electrons. The fourth-order valence-electron chi connectivity index (χ4n) is 4.29. The summed E-state index contributed by atoms with van der Waals surface area (Å²) in [5.41, 5.74) is 2.64. The number of anilines is 2. The standard InChI is InChI=1S/C23H30N2O2S.ClH/c1-17(15-24-13-11-19(12-14-24)27-18(2)26)16-25-20-7-3-5-9-22(20)28-23-10-6-4-8-21(23)25;/h3-10,17-19,26H,11-16H2,1-2H3;1H. The van der Waals surface area contributed by atoms with Crippen LogP contribution in [0.15, 0.2) is 58.3 Å². The van der Waals surface area contributed by atoms with Gasteiger partial charge in [0, 0.05) is 36.0 Å². The quantitative estimate of drug-likeness (QED) is 0.635. The second kappa shape index (κ2) is 10.2. The SMILES string of the molecule is CC(CN1CCC(OC(C)O)CC1)CN1c2ccccc2Sc2ccccc21.Cl. The molecular formula is C23H31ClN2O2S. The molecule has 0 amide bonds. The van der Waals surface area contributed by atoms with E-state index in [1.54, 1.807) is 6.92 Å². The number of rotatable bonds is 6. The predicted molar refractivity (Wildman–Crippen MR) is 123 cm³/mol. The molecule has 4 nitrogen and oxygen atoms in total. The number of hydrogen-bond donors (Lipinski definition) is 1. The number of aliphatic hydroxyl groups is 1. The maximum absolute atomic E-state index is 9.42. The van der Waals surface area contributed by atoms with Crippen LogP contribution in [0.5, 0.6) is 0 Å². The van der Waals surface area contributed by atoms with Crippen LogP contribution >= 0.6 is 24.2 Å². The highest BCUT2D eigenvalue weighted by molar-refractivity contribution is 7.99. The van der Waals surface area contributed by atoms with Crippen LogP contribution in [0.2, 0.25) is 0 Å². The van der Waals surface area contributed by atoms with E-state index in [0.29, 0.717) is 5.92 Å². The van der Waals surface area contributed by atoms with Gasteiger partial charge in [0.15, 0.2) is 6.29 Å². The molecule has 29 heavy (non-hydrogen) atoms. The third-order valence-electron chi connectivity index (χ3n) is 5.52. The van der Waals surface area contributed by atoms with Crippen LogP contribution in [0.4, 0.5) is 11.4 Å². The van der Waals surface area contributed by atoms with E-state index in [4.69, 9.17) is 4.74 Å². The fraction of sp³-hybridized carbons (Fsp3) is 0.478. The summed E-state index contributed by atoms with van der Waals surface area (Å²) >= 11 is 1.87. The van der Waals surface area contributed by atoms with Gasteiger partial charge in [-0.25, -0.2) is 0 Å². The fourth-order valence-corrected chi connectivity index (χ4v) is 5.39. The number of para-hydroxylation sites is 2. The lowest BCUT2D eigenvalue weighted by Crippen LogP contribution is -2.42. The molecule has 0 radical (unpaired) electrons. The number of likely N-dealkylation sites (tertiary alicyclic amines) is 1. The van der Waals surface area contributed by atoms with Crippen molar-refractivity contribution in [3.05, 3.63) is 48.5 Å². The van der Waals surface area contributed by atoms with Gasteiger partial charge < -0.3 is 19.6 Å². The first-order chi connectivity index (χ1) is 13.6. The van der Waals surface area contributed by atoms with Crippen LogP contribution in [-0.2, 0) is 4.74 Å². The van der Waals surface area contributed by atoms with E-state index >= 15 is 0 Å². The summed E-state index contributed by atoms with van der Waals surface area (Å²) in [4.78, 5) is 7.71. The highest BCUT2D eigenvalue weighted by atomic mass is 35.5. The van der Waals surface area contributed by atoms with Crippen molar-refractivity contribution in [2.24, 2.45) is 5.92 Å². The molecule has 0 aromatic heterocycles. The zero-order valence-corrected chi connectivity index (χ0v) is 18.8. The summed E-state index contributed by atoms with van der Waals surface area (Å²) in [7, 11) is 0. The smallest absolute Gasteiger partial charge is 0.152 e. The average molecular weight is 435 g/mol. The Hall–Kier alpha value is -1.24. The minimum atomic E-state index is -0.660. The van der Waals surface area contributed by atoms with Gasteiger partial charge in [-0.2, -0.15) is 0 Å². The van der Waals surface area contributed by atoms with Crippen molar-refractivity contribution >= 4 is 35.5 Å². The Morgan fingerprint density at radius 2 is 1.52 bits per heavy atom. The van der Waals surface area contributed by atoms with E-state index in [1.807, 2.05) is 11.8 Å². The van der Waals surface area contributed by atoms with E-state index in [-0.39, 0.29) is 18.5 Å². The molecule has 0 saturated carbocycles. The first-order valence-corrected chi connectivity index (χ1v) is 11.1. The molecular weight excluding hydrogens is 404 g/mol. The number of piperidine rings is 1. The molecule has 1 N–H and O–H groups in total. The molecule has 2 aliphatic rings. The van der Waals surface area contributed by atoms with Crippen LogP contribution in [0.1, 0.15) is 26.7 Å². The summed E-state index contributed by atoms with van der Waals surface area (Å²) in [6.45, 7) is 8.25. The topological polar surface area (TPSA) is 35.9 Å². The lowest BCUT2D eigenvalue weighted by Gasteiger charge is -2.37. The van der Waals surface area contributed by atoms with Crippen LogP contribution in [0, 0.1) is 5.92 Å². The van der Waals surface area contributed by atoms with E-state index in [2.05, 4.69) is 65.3 Å². The van der Waals surface area contributed by atoms with E-state index in [0.717, 1.165) is 39.0 Å². The second-order valence-electron chi connectivity index (χ2n) is 7.99. The molecule has 2 aliphatic heterocycles. The Bertz CT molecular complexity index is 750. The molecule has 1 fully saturated rings. The summed E-state index contributed by atoms with van der Waals surface area (Å²) in [5.74, 6) is 0.554. The molecule has 4 rings (SSSR count). The van der Waals surface area contributed by atoms with Crippen LogP contribution in [0.3, 0.4) is 0 Å². The summed E-state index contributed by atoms with van der Waals surface area (Å²) in [6, 6.07) is 17.5. The Morgan fingerprint density at radius 1 is 0.966 bits per heavy atom. The zero-order chi connectivity index (χ0) is 19.5. The minimum absolute atomic E-state index is 0. The third kappa shape index (κ3) is 5.47. The number of aliphatic hydroxyl groups excluding tert-OH is 1. The Morgan fingerprint density at radius 3 is 2.07 bits per heavy atom.